The fourth-order valence-electron chi connectivity index (χ4n) is 2.73. The van der Waals surface area contributed by atoms with Crippen LogP contribution in [-0.2, 0) is 19.4 Å². The lowest BCUT2D eigenvalue weighted by Crippen LogP contribution is -2.39. The van der Waals surface area contributed by atoms with E-state index in [0.29, 0.717) is 12.1 Å². The van der Waals surface area contributed by atoms with E-state index in [2.05, 4.69) is 45.0 Å². The zero-order valence-corrected chi connectivity index (χ0v) is 12.1. The Labute approximate surface area is 119 Å². The number of rotatable bonds is 4. The predicted octanol–water partition coefficient (Wildman–Crippen LogP) is 1.90. The largest absolute Gasteiger partial charge is 0.306 e. The smallest absolute Gasteiger partial charge is 0.150 e. The second-order valence-electron chi connectivity index (χ2n) is 5.39. The molecule has 0 saturated heterocycles. The van der Waals surface area contributed by atoms with Crippen LogP contribution in [0.3, 0.4) is 0 Å². The minimum Gasteiger partial charge on any atom is -0.306 e. The Bertz CT molecular complexity index is 563. The summed E-state index contributed by atoms with van der Waals surface area (Å²) in [5.74, 6) is 2.09. The van der Waals surface area contributed by atoms with E-state index in [1.807, 2.05) is 18.5 Å². The van der Waals surface area contributed by atoms with Crippen LogP contribution in [0.15, 0.2) is 24.5 Å². The number of hydrogen-bond acceptors (Lipinski definition) is 4. The molecule has 0 unspecified atom stereocenters. The lowest BCUT2D eigenvalue weighted by Gasteiger charge is -2.27. The van der Waals surface area contributed by atoms with Gasteiger partial charge in [0.05, 0.1) is 6.54 Å². The first-order valence-corrected chi connectivity index (χ1v) is 7.35. The van der Waals surface area contributed by atoms with E-state index in [9.17, 15) is 0 Å². The van der Waals surface area contributed by atoms with E-state index < -0.39 is 0 Å². The van der Waals surface area contributed by atoms with E-state index in [1.54, 1.807) is 0 Å². The highest BCUT2D eigenvalue weighted by Crippen LogP contribution is 2.17. The Morgan fingerprint density at radius 2 is 2.40 bits per heavy atom. The van der Waals surface area contributed by atoms with Crippen molar-refractivity contribution in [3.8, 4) is 0 Å². The molecule has 2 aromatic rings. The van der Waals surface area contributed by atoms with Crippen LogP contribution >= 0.6 is 0 Å². The maximum Gasteiger partial charge on any atom is 0.150 e. The van der Waals surface area contributed by atoms with Gasteiger partial charge in [-0.3, -0.25) is 4.98 Å². The molecule has 0 fully saturated rings. The molecule has 2 atom stereocenters. The van der Waals surface area contributed by atoms with E-state index in [0.717, 1.165) is 37.5 Å². The van der Waals surface area contributed by atoms with Crippen LogP contribution in [0, 0.1) is 0 Å². The third-order valence-electron chi connectivity index (χ3n) is 3.89. The van der Waals surface area contributed by atoms with Gasteiger partial charge >= 0.3 is 0 Å². The Hall–Kier alpha value is -1.75. The minimum atomic E-state index is 0.310. The van der Waals surface area contributed by atoms with Crippen LogP contribution in [-0.4, -0.2) is 25.8 Å². The van der Waals surface area contributed by atoms with Crippen molar-refractivity contribution in [1.82, 2.24) is 25.1 Å². The van der Waals surface area contributed by atoms with Crippen LogP contribution in [0.2, 0.25) is 0 Å². The lowest BCUT2D eigenvalue weighted by atomic mass is 10.0. The van der Waals surface area contributed by atoms with Crippen molar-refractivity contribution in [3.05, 3.63) is 41.7 Å². The summed E-state index contributed by atoms with van der Waals surface area (Å²) in [6.45, 7) is 5.19. The summed E-state index contributed by atoms with van der Waals surface area (Å²) < 4.78 is 2.07. The summed E-state index contributed by atoms with van der Waals surface area (Å²) in [7, 11) is 0. The maximum absolute atomic E-state index is 4.56. The van der Waals surface area contributed by atoms with Crippen LogP contribution in [0.5, 0.6) is 0 Å². The summed E-state index contributed by atoms with van der Waals surface area (Å²) in [4.78, 5) is 8.74. The van der Waals surface area contributed by atoms with E-state index >= 15 is 0 Å². The van der Waals surface area contributed by atoms with Crippen LogP contribution < -0.4 is 5.32 Å². The molecular formula is C15H21N5. The van der Waals surface area contributed by atoms with Crippen molar-refractivity contribution < 1.29 is 0 Å². The molecule has 1 aliphatic heterocycles. The van der Waals surface area contributed by atoms with Gasteiger partial charge in [0.25, 0.3) is 0 Å². The Kier molecular flexibility index (Phi) is 3.78. The molecule has 1 N–H and O–H groups in total. The molecule has 0 radical (unpaired) electrons. The van der Waals surface area contributed by atoms with Crippen molar-refractivity contribution in [3.63, 3.8) is 0 Å². The van der Waals surface area contributed by atoms with Crippen LogP contribution in [0.4, 0.5) is 0 Å². The monoisotopic (exact) mass is 271 g/mol. The average molecular weight is 271 g/mol. The molecule has 3 heterocycles. The number of pyridine rings is 1. The molecule has 20 heavy (non-hydrogen) atoms. The zero-order chi connectivity index (χ0) is 13.9. The van der Waals surface area contributed by atoms with Gasteiger partial charge in [0.1, 0.15) is 5.82 Å². The molecule has 0 aliphatic carbocycles. The molecule has 5 nitrogen and oxygen atoms in total. The van der Waals surface area contributed by atoms with Crippen molar-refractivity contribution in [1.29, 1.82) is 0 Å². The average Bonchev–Trinajstić information content (AvgIpc) is 2.90. The van der Waals surface area contributed by atoms with Crippen LogP contribution in [0.25, 0.3) is 0 Å². The number of hydrogen-bond donors (Lipinski definition) is 1. The van der Waals surface area contributed by atoms with E-state index in [4.69, 9.17) is 0 Å². The fourth-order valence-corrected chi connectivity index (χ4v) is 2.73. The first kappa shape index (κ1) is 13.2. The number of aromatic nitrogens is 4. The van der Waals surface area contributed by atoms with Crippen molar-refractivity contribution in [2.24, 2.45) is 0 Å². The maximum atomic E-state index is 4.56. The summed E-state index contributed by atoms with van der Waals surface area (Å²) in [5, 5.41) is 8.23. The molecule has 1 aliphatic rings. The standard InChI is InChI=1S/C15H21N5/c1-3-14-18-15-7-6-13(10-20(15)19-14)17-11(2)12-5-4-8-16-9-12/h4-5,8-9,11,13,17H,3,6-7,10H2,1-2H3/t11-,13-/m0/s1. The predicted molar refractivity (Wildman–Crippen MR) is 77.3 cm³/mol. The van der Waals surface area contributed by atoms with Gasteiger partial charge < -0.3 is 5.32 Å². The first-order valence-electron chi connectivity index (χ1n) is 7.35. The van der Waals surface area contributed by atoms with Crippen LogP contribution in [0.1, 0.15) is 43.5 Å². The molecule has 106 valence electrons. The van der Waals surface area contributed by atoms with Gasteiger partial charge in [0, 0.05) is 37.3 Å². The number of nitrogens with one attached hydrogen (secondary N) is 1. The van der Waals surface area contributed by atoms with Gasteiger partial charge in [0.15, 0.2) is 5.82 Å². The van der Waals surface area contributed by atoms with Crippen molar-refractivity contribution in [2.75, 3.05) is 0 Å². The molecule has 0 aromatic carbocycles. The zero-order valence-electron chi connectivity index (χ0n) is 12.1. The van der Waals surface area contributed by atoms with Gasteiger partial charge in [-0.05, 0) is 25.0 Å². The topological polar surface area (TPSA) is 55.6 Å². The quantitative estimate of drug-likeness (QED) is 0.923. The van der Waals surface area contributed by atoms with Crippen molar-refractivity contribution >= 4 is 0 Å². The van der Waals surface area contributed by atoms with E-state index in [-0.39, 0.29) is 0 Å². The second-order valence-corrected chi connectivity index (χ2v) is 5.39. The van der Waals surface area contributed by atoms with Gasteiger partial charge in [-0.2, -0.15) is 5.10 Å². The molecular weight excluding hydrogens is 250 g/mol. The SMILES string of the molecule is CCc1nc2n(n1)C[C@@H](N[C@@H](C)c1cccnc1)CC2. The highest BCUT2D eigenvalue weighted by Gasteiger charge is 2.22. The third-order valence-corrected chi connectivity index (χ3v) is 3.89. The summed E-state index contributed by atoms with van der Waals surface area (Å²) in [5.41, 5.74) is 1.23. The highest BCUT2D eigenvalue weighted by molar-refractivity contribution is 5.13. The highest BCUT2D eigenvalue weighted by atomic mass is 15.4. The fraction of sp³-hybridized carbons (Fsp3) is 0.533. The number of fused-ring (bicyclic) bond motifs is 1. The molecule has 2 aromatic heterocycles. The molecule has 5 heteroatoms. The van der Waals surface area contributed by atoms with Gasteiger partial charge in [-0.1, -0.05) is 13.0 Å². The van der Waals surface area contributed by atoms with Gasteiger partial charge in [-0.25, -0.2) is 9.67 Å². The molecule has 0 spiro atoms. The number of nitrogens with zero attached hydrogens (tertiary/aromatic N) is 4. The lowest BCUT2D eigenvalue weighted by molar-refractivity contribution is 0.334. The Morgan fingerprint density at radius 3 is 3.15 bits per heavy atom. The summed E-state index contributed by atoms with van der Waals surface area (Å²) in [6.07, 6.45) is 6.77. The summed E-state index contributed by atoms with van der Waals surface area (Å²) >= 11 is 0. The van der Waals surface area contributed by atoms with Crippen molar-refractivity contribution in [2.45, 2.75) is 51.7 Å². The molecule has 3 rings (SSSR count). The normalized spacial score (nSPS) is 19.6. The Morgan fingerprint density at radius 1 is 1.50 bits per heavy atom. The first-order chi connectivity index (χ1) is 9.76. The Balaban J connectivity index is 1.65. The minimum absolute atomic E-state index is 0.310. The van der Waals surface area contributed by atoms with Gasteiger partial charge in [0.2, 0.25) is 0 Å². The third kappa shape index (κ3) is 2.72. The molecule has 0 bridgehead atoms. The number of aryl methyl sites for hydroxylation is 2. The van der Waals surface area contributed by atoms with E-state index in [1.165, 1.54) is 5.56 Å². The molecule has 0 amide bonds. The summed E-state index contributed by atoms with van der Waals surface area (Å²) in [6, 6.07) is 4.86. The molecule has 0 saturated carbocycles. The van der Waals surface area contributed by atoms with Gasteiger partial charge in [-0.15, -0.1) is 0 Å². The second kappa shape index (κ2) is 5.71.